The van der Waals surface area contributed by atoms with Gasteiger partial charge in [-0.05, 0) is 39.5 Å². The lowest BCUT2D eigenvalue weighted by Gasteiger charge is -2.21. The zero-order valence-corrected chi connectivity index (χ0v) is 10.6. The van der Waals surface area contributed by atoms with Crippen molar-refractivity contribution in [2.24, 2.45) is 0 Å². The Morgan fingerprint density at radius 2 is 2.13 bits per heavy atom. The van der Waals surface area contributed by atoms with Gasteiger partial charge in [-0.15, -0.1) is 0 Å². The fourth-order valence-corrected chi connectivity index (χ4v) is 2.27. The molecule has 0 spiro atoms. The number of nitrogens with zero attached hydrogens (tertiary/aromatic N) is 2. The van der Waals surface area contributed by atoms with Crippen molar-refractivity contribution in [1.29, 1.82) is 0 Å². The first-order valence-electron chi connectivity index (χ1n) is 6.40. The summed E-state index contributed by atoms with van der Waals surface area (Å²) in [6.45, 7) is 11.7. The normalized spacial score (nSPS) is 22.8. The minimum Gasteiger partial charge on any atom is -0.311 e. The fourth-order valence-electron chi connectivity index (χ4n) is 2.27. The van der Waals surface area contributed by atoms with Crippen molar-refractivity contribution in [3.05, 3.63) is 0 Å². The fraction of sp³-hybridized carbons (Fsp3) is 1.00. The van der Waals surface area contributed by atoms with Crippen molar-refractivity contribution < 1.29 is 0 Å². The molecule has 1 heterocycles. The molecule has 1 fully saturated rings. The minimum atomic E-state index is 0.732. The number of nitrogens with one attached hydrogen (secondary N) is 1. The summed E-state index contributed by atoms with van der Waals surface area (Å²) in [6.07, 6.45) is 2.58. The van der Waals surface area contributed by atoms with E-state index in [-0.39, 0.29) is 0 Å². The highest BCUT2D eigenvalue weighted by atomic mass is 15.2. The summed E-state index contributed by atoms with van der Waals surface area (Å²) in [5.74, 6) is 0. The monoisotopic (exact) mass is 213 g/mol. The van der Waals surface area contributed by atoms with Gasteiger partial charge in [0.1, 0.15) is 0 Å². The van der Waals surface area contributed by atoms with Gasteiger partial charge in [0.2, 0.25) is 0 Å². The topological polar surface area (TPSA) is 18.5 Å². The molecule has 0 aromatic heterocycles. The average Bonchev–Trinajstić information content (AvgIpc) is 2.63. The Bertz CT molecular complexity index is 157. The summed E-state index contributed by atoms with van der Waals surface area (Å²) >= 11 is 0. The van der Waals surface area contributed by atoms with Crippen LogP contribution in [0.5, 0.6) is 0 Å². The molecule has 15 heavy (non-hydrogen) atoms. The van der Waals surface area contributed by atoms with Crippen molar-refractivity contribution in [3.63, 3.8) is 0 Å². The van der Waals surface area contributed by atoms with Gasteiger partial charge in [-0.2, -0.15) is 0 Å². The molecule has 1 atom stereocenters. The van der Waals surface area contributed by atoms with Gasteiger partial charge in [0.25, 0.3) is 0 Å². The van der Waals surface area contributed by atoms with Crippen LogP contribution < -0.4 is 5.32 Å². The Kier molecular flexibility index (Phi) is 6.22. The van der Waals surface area contributed by atoms with Gasteiger partial charge < -0.3 is 15.1 Å². The van der Waals surface area contributed by atoms with Crippen LogP contribution in [-0.2, 0) is 0 Å². The lowest BCUT2D eigenvalue weighted by atomic mass is 10.2. The molecule has 0 radical (unpaired) electrons. The molecule has 1 N–H and O–H groups in total. The van der Waals surface area contributed by atoms with E-state index < -0.39 is 0 Å². The molecule has 1 saturated heterocycles. The zero-order valence-electron chi connectivity index (χ0n) is 10.6. The second-order valence-corrected chi connectivity index (χ2v) is 4.64. The Labute approximate surface area is 94.8 Å². The first kappa shape index (κ1) is 12.9. The van der Waals surface area contributed by atoms with E-state index in [0.717, 1.165) is 12.6 Å². The van der Waals surface area contributed by atoms with Gasteiger partial charge in [0, 0.05) is 25.7 Å². The summed E-state index contributed by atoms with van der Waals surface area (Å²) in [5.41, 5.74) is 0. The van der Waals surface area contributed by atoms with E-state index in [4.69, 9.17) is 0 Å². The van der Waals surface area contributed by atoms with Crippen LogP contribution in [0, 0.1) is 0 Å². The molecule has 1 aliphatic heterocycles. The van der Waals surface area contributed by atoms with E-state index in [1.54, 1.807) is 0 Å². The molecule has 0 aromatic rings. The molecule has 1 unspecified atom stereocenters. The van der Waals surface area contributed by atoms with Crippen LogP contribution in [0.2, 0.25) is 0 Å². The number of likely N-dealkylation sites (tertiary alicyclic amines) is 1. The summed E-state index contributed by atoms with van der Waals surface area (Å²) in [6, 6.07) is 0.732. The van der Waals surface area contributed by atoms with Gasteiger partial charge in [-0.25, -0.2) is 0 Å². The first-order valence-corrected chi connectivity index (χ1v) is 6.40. The molecule has 1 aliphatic rings. The van der Waals surface area contributed by atoms with Gasteiger partial charge in [-0.3, -0.25) is 0 Å². The van der Waals surface area contributed by atoms with E-state index in [1.807, 2.05) is 0 Å². The van der Waals surface area contributed by atoms with Crippen LogP contribution in [0.1, 0.15) is 26.7 Å². The predicted molar refractivity (Wildman–Crippen MR) is 66.3 cm³/mol. The van der Waals surface area contributed by atoms with Crippen molar-refractivity contribution in [3.8, 4) is 0 Å². The summed E-state index contributed by atoms with van der Waals surface area (Å²) in [5, 5.41) is 3.65. The molecule has 1 rings (SSSR count). The van der Waals surface area contributed by atoms with Crippen LogP contribution in [-0.4, -0.2) is 62.2 Å². The van der Waals surface area contributed by atoms with E-state index >= 15 is 0 Å². The summed E-state index contributed by atoms with van der Waals surface area (Å²) < 4.78 is 0. The SMILES string of the molecule is CCCN(CC)CCNC1CCN(C)C1. The maximum absolute atomic E-state index is 3.65. The average molecular weight is 213 g/mol. The van der Waals surface area contributed by atoms with Crippen molar-refractivity contribution in [2.75, 3.05) is 46.3 Å². The molecule has 0 aliphatic carbocycles. The standard InChI is InChI=1S/C12H27N3/c1-4-8-15(5-2)10-7-13-12-6-9-14(3)11-12/h12-13H,4-11H2,1-3H3. The Morgan fingerprint density at radius 3 is 2.67 bits per heavy atom. The van der Waals surface area contributed by atoms with Gasteiger partial charge >= 0.3 is 0 Å². The molecule has 3 nitrogen and oxygen atoms in total. The largest absolute Gasteiger partial charge is 0.311 e. The summed E-state index contributed by atoms with van der Waals surface area (Å²) in [4.78, 5) is 4.92. The molecular weight excluding hydrogens is 186 g/mol. The molecule has 0 saturated carbocycles. The lowest BCUT2D eigenvalue weighted by Crippen LogP contribution is -2.38. The van der Waals surface area contributed by atoms with E-state index in [0.29, 0.717) is 0 Å². The minimum absolute atomic E-state index is 0.732. The van der Waals surface area contributed by atoms with Crippen LogP contribution in [0.15, 0.2) is 0 Å². The maximum Gasteiger partial charge on any atom is 0.0207 e. The predicted octanol–water partition coefficient (Wildman–Crippen LogP) is 1.01. The van der Waals surface area contributed by atoms with Crippen molar-refractivity contribution in [1.82, 2.24) is 15.1 Å². The van der Waals surface area contributed by atoms with E-state index in [1.165, 1.54) is 45.6 Å². The van der Waals surface area contributed by atoms with Gasteiger partial charge in [0.15, 0.2) is 0 Å². The van der Waals surface area contributed by atoms with E-state index in [2.05, 4.69) is 36.0 Å². The lowest BCUT2D eigenvalue weighted by molar-refractivity contribution is 0.282. The molecule has 0 aromatic carbocycles. The Morgan fingerprint density at radius 1 is 1.33 bits per heavy atom. The van der Waals surface area contributed by atoms with Crippen LogP contribution in [0.4, 0.5) is 0 Å². The van der Waals surface area contributed by atoms with Gasteiger partial charge in [0.05, 0.1) is 0 Å². The third kappa shape index (κ3) is 4.96. The number of rotatable bonds is 7. The highest BCUT2D eigenvalue weighted by molar-refractivity contribution is 4.78. The summed E-state index contributed by atoms with van der Waals surface area (Å²) in [7, 11) is 2.21. The van der Waals surface area contributed by atoms with Gasteiger partial charge in [-0.1, -0.05) is 13.8 Å². The highest BCUT2D eigenvalue weighted by Gasteiger charge is 2.18. The Balaban J connectivity index is 2.04. The number of likely N-dealkylation sites (N-methyl/N-ethyl adjacent to an activating group) is 2. The van der Waals surface area contributed by atoms with Crippen LogP contribution in [0.25, 0.3) is 0 Å². The van der Waals surface area contributed by atoms with E-state index in [9.17, 15) is 0 Å². The number of hydrogen-bond donors (Lipinski definition) is 1. The molecular formula is C12H27N3. The zero-order chi connectivity index (χ0) is 11.1. The smallest absolute Gasteiger partial charge is 0.0207 e. The quantitative estimate of drug-likeness (QED) is 0.681. The molecule has 0 amide bonds. The maximum atomic E-state index is 3.65. The second kappa shape index (κ2) is 7.20. The second-order valence-electron chi connectivity index (χ2n) is 4.64. The third-order valence-electron chi connectivity index (χ3n) is 3.24. The van der Waals surface area contributed by atoms with Crippen LogP contribution >= 0.6 is 0 Å². The molecule has 3 heteroatoms. The van der Waals surface area contributed by atoms with Crippen LogP contribution in [0.3, 0.4) is 0 Å². The van der Waals surface area contributed by atoms with Crippen molar-refractivity contribution >= 4 is 0 Å². The third-order valence-corrected chi connectivity index (χ3v) is 3.24. The molecule has 0 bridgehead atoms. The Hall–Kier alpha value is -0.120. The number of hydrogen-bond acceptors (Lipinski definition) is 3. The molecule has 90 valence electrons. The highest BCUT2D eigenvalue weighted by Crippen LogP contribution is 2.05. The first-order chi connectivity index (χ1) is 7.26. The van der Waals surface area contributed by atoms with Crippen molar-refractivity contribution in [2.45, 2.75) is 32.7 Å².